The molecule has 1 atom stereocenters. The van der Waals surface area contributed by atoms with Crippen LogP contribution in [-0.4, -0.2) is 46.8 Å². The number of nitrogens with zero attached hydrogens (tertiary/aromatic N) is 2. The highest BCUT2D eigenvalue weighted by atomic mass is 32.2. The fourth-order valence-electron chi connectivity index (χ4n) is 2.22. The van der Waals surface area contributed by atoms with Crippen molar-refractivity contribution < 1.29 is 9.18 Å². The molecule has 0 radical (unpaired) electrons. The zero-order valence-electron chi connectivity index (χ0n) is 11.1. The molecule has 104 valence electrons. The van der Waals surface area contributed by atoms with Crippen LogP contribution in [0.2, 0.25) is 0 Å². The van der Waals surface area contributed by atoms with Crippen LogP contribution < -0.4 is 0 Å². The van der Waals surface area contributed by atoms with E-state index in [2.05, 4.69) is 9.88 Å². The molecule has 3 nitrogen and oxygen atoms in total. The quantitative estimate of drug-likeness (QED) is 0.794. The zero-order valence-corrected chi connectivity index (χ0v) is 12.0. The number of aromatic nitrogens is 1. The first kappa shape index (κ1) is 14.5. The monoisotopic (exact) mass is 282 g/mol. The van der Waals surface area contributed by atoms with Crippen LogP contribution in [0.1, 0.15) is 23.8 Å². The number of ketones is 1. The van der Waals surface area contributed by atoms with Crippen LogP contribution in [0.25, 0.3) is 0 Å². The molecule has 5 heteroatoms. The van der Waals surface area contributed by atoms with Crippen molar-refractivity contribution >= 4 is 17.5 Å². The first-order chi connectivity index (χ1) is 9.16. The Morgan fingerprint density at radius 3 is 3.05 bits per heavy atom. The summed E-state index contributed by atoms with van der Waals surface area (Å²) in [7, 11) is 0. The minimum atomic E-state index is -0.409. The highest BCUT2D eigenvalue weighted by Gasteiger charge is 2.20. The standard InChI is InChI=1S/C14H19FN2OS/c1-11(10-17-5-2-7-19-8-6-17)14(18)13-4-3-12(15)9-16-13/h3-4,9,11H,2,5-8,10H2,1H3. The predicted octanol–water partition coefficient (Wildman–Crippen LogP) is 2.48. The maximum atomic E-state index is 12.8. The number of hydrogen-bond acceptors (Lipinski definition) is 4. The van der Waals surface area contributed by atoms with Crippen molar-refractivity contribution in [2.75, 3.05) is 31.1 Å². The van der Waals surface area contributed by atoms with Crippen molar-refractivity contribution in [3.05, 3.63) is 29.8 Å². The summed E-state index contributed by atoms with van der Waals surface area (Å²) < 4.78 is 12.8. The lowest BCUT2D eigenvalue weighted by Crippen LogP contribution is -2.33. The second-order valence-electron chi connectivity index (χ2n) is 4.89. The predicted molar refractivity (Wildman–Crippen MR) is 76.1 cm³/mol. The molecule has 2 heterocycles. The van der Waals surface area contributed by atoms with E-state index in [1.807, 2.05) is 18.7 Å². The van der Waals surface area contributed by atoms with Crippen molar-refractivity contribution in [2.45, 2.75) is 13.3 Å². The molecule has 0 amide bonds. The van der Waals surface area contributed by atoms with Crippen LogP contribution in [0.15, 0.2) is 18.3 Å². The number of carbonyl (C=O) groups excluding carboxylic acids is 1. The third kappa shape index (κ3) is 4.28. The molecule has 0 N–H and O–H groups in total. The summed E-state index contributed by atoms with van der Waals surface area (Å²) in [4.78, 5) is 18.4. The lowest BCUT2D eigenvalue weighted by molar-refractivity contribution is 0.0892. The average molecular weight is 282 g/mol. The van der Waals surface area contributed by atoms with E-state index in [-0.39, 0.29) is 11.7 Å². The molecule has 1 aromatic rings. The summed E-state index contributed by atoms with van der Waals surface area (Å²) in [6, 6.07) is 2.75. The molecule has 1 unspecified atom stereocenters. The summed E-state index contributed by atoms with van der Waals surface area (Å²) in [5.74, 6) is 1.83. The molecule has 0 aromatic carbocycles. The van der Waals surface area contributed by atoms with Gasteiger partial charge in [0.25, 0.3) is 0 Å². The van der Waals surface area contributed by atoms with E-state index < -0.39 is 5.82 Å². The Labute approximate surface area is 117 Å². The van der Waals surface area contributed by atoms with Gasteiger partial charge in [0, 0.05) is 24.8 Å². The number of Topliss-reactive ketones (excluding diaryl/α,β-unsaturated/α-hetero) is 1. The Bertz CT molecular complexity index is 416. The molecule has 1 aliphatic heterocycles. The number of pyridine rings is 1. The summed E-state index contributed by atoms with van der Waals surface area (Å²) >= 11 is 1.97. The highest BCUT2D eigenvalue weighted by Crippen LogP contribution is 2.14. The van der Waals surface area contributed by atoms with Gasteiger partial charge in [-0.25, -0.2) is 4.39 Å². The van der Waals surface area contributed by atoms with Gasteiger partial charge < -0.3 is 4.90 Å². The molecule has 1 aliphatic rings. The van der Waals surface area contributed by atoms with Crippen LogP contribution in [0, 0.1) is 11.7 Å². The van der Waals surface area contributed by atoms with Crippen LogP contribution >= 0.6 is 11.8 Å². The summed E-state index contributed by atoms with van der Waals surface area (Å²) in [6.07, 6.45) is 2.28. The molecule has 1 saturated heterocycles. The Morgan fingerprint density at radius 2 is 2.32 bits per heavy atom. The molecule has 0 aliphatic carbocycles. The lowest BCUT2D eigenvalue weighted by atomic mass is 10.0. The smallest absolute Gasteiger partial charge is 0.185 e. The lowest BCUT2D eigenvalue weighted by Gasteiger charge is -2.22. The Kier molecular flexibility index (Phi) is 5.34. The Hall–Kier alpha value is -0.940. The molecular weight excluding hydrogens is 263 g/mol. The maximum absolute atomic E-state index is 12.8. The van der Waals surface area contributed by atoms with E-state index in [4.69, 9.17) is 0 Å². The van der Waals surface area contributed by atoms with E-state index in [1.54, 1.807) is 0 Å². The summed E-state index contributed by atoms with van der Waals surface area (Å²) in [5, 5.41) is 0. The van der Waals surface area contributed by atoms with E-state index in [9.17, 15) is 9.18 Å². The largest absolute Gasteiger partial charge is 0.302 e. The highest BCUT2D eigenvalue weighted by molar-refractivity contribution is 7.99. The van der Waals surface area contributed by atoms with Crippen molar-refractivity contribution in [1.82, 2.24) is 9.88 Å². The van der Waals surface area contributed by atoms with Crippen molar-refractivity contribution in [1.29, 1.82) is 0 Å². The van der Waals surface area contributed by atoms with Gasteiger partial charge in [-0.15, -0.1) is 0 Å². The third-order valence-corrected chi connectivity index (χ3v) is 4.32. The maximum Gasteiger partial charge on any atom is 0.185 e. The normalized spacial score (nSPS) is 18.8. The number of thioether (sulfide) groups is 1. The van der Waals surface area contributed by atoms with Crippen LogP contribution in [0.5, 0.6) is 0 Å². The fourth-order valence-corrected chi connectivity index (χ4v) is 3.15. The Morgan fingerprint density at radius 1 is 1.47 bits per heavy atom. The van der Waals surface area contributed by atoms with Gasteiger partial charge in [0.1, 0.15) is 11.5 Å². The molecule has 0 spiro atoms. The van der Waals surface area contributed by atoms with Crippen LogP contribution in [-0.2, 0) is 0 Å². The minimum absolute atomic E-state index is 0.00287. The van der Waals surface area contributed by atoms with E-state index in [0.717, 1.165) is 31.6 Å². The topological polar surface area (TPSA) is 33.2 Å². The molecule has 0 bridgehead atoms. The minimum Gasteiger partial charge on any atom is -0.302 e. The first-order valence-corrected chi connectivity index (χ1v) is 7.78. The van der Waals surface area contributed by atoms with E-state index >= 15 is 0 Å². The SMILES string of the molecule is CC(CN1CCCSCC1)C(=O)c1ccc(F)cn1. The molecule has 1 fully saturated rings. The number of carbonyl (C=O) groups is 1. The molecule has 19 heavy (non-hydrogen) atoms. The van der Waals surface area contributed by atoms with Crippen molar-refractivity contribution in [3.63, 3.8) is 0 Å². The van der Waals surface area contributed by atoms with Crippen molar-refractivity contribution in [2.24, 2.45) is 5.92 Å². The summed E-state index contributed by atoms with van der Waals surface area (Å²) in [6.45, 7) is 4.78. The Balaban J connectivity index is 1.92. The van der Waals surface area contributed by atoms with Crippen LogP contribution in [0.3, 0.4) is 0 Å². The molecule has 2 rings (SSSR count). The number of rotatable bonds is 4. The van der Waals surface area contributed by atoms with Gasteiger partial charge in [-0.05, 0) is 30.9 Å². The number of halogens is 1. The van der Waals surface area contributed by atoms with Gasteiger partial charge in [-0.2, -0.15) is 11.8 Å². The van der Waals surface area contributed by atoms with Gasteiger partial charge >= 0.3 is 0 Å². The van der Waals surface area contributed by atoms with Gasteiger partial charge in [-0.3, -0.25) is 9.78 Å². The average Bonchev–Trinajstić information content (AvgIpc) is 2.67. The second-order valence-corrected chi connectivity index (χ2v) is 6.12. The van der Waals surface area contributed by atoms with Gasteiger partial charge in [0.2, 0.25) is 0 Å². The van der Waals surface area contributed by atoms with Gasteiger partial charge in [0.15, 0.2) is 5.78 Å². The van der Waals surface area contributed by atoms with E-state index in [0.29, 0.717) is 5.69 Å². The number of hydrogen-bond donors (Lipinski definition) is 0. The second kappa shape index (κ2) is 7.01. The molecule has 1 aromatic heterocycles. The molecular formula is C14H19FN2OS. The first-order valence-electron chi connectivity index (χ1n) is 6.62. The summed E-state index contributed by atoms with van der Waals surface area (Å²) in [5.41, 5.74) is 0.359. The van der Waals surface area contributed by atoms with Gasteiger partial charge in [0.05, 0.1) is 6.20 Å². The zero-order chi connectivity index (χ0) is 13.7. The van der Waals surface area contributed by atoms with Gasteiger partial charge in [-0.1, -0.05) is 6.92 Å². The fraction of sp³-hybridized carbons (Fsp3) is 0.571. The van der Waals surface area contributed by atoms with Crippen molar-refractivity contribution in [3.8, 4) is 0 Å². The van der Waals surface area contributed by atoms with E-state index in [1.165, 1.54) is 24.3 Å². The third-order valence-electron chi connectivity index (χ3n) is 3.27. The molecule has 0 saturated carbocycles. The van der Waals surface area contributed by atoms with Crippen LogP contribution in [0.4, 0.5) is 4.39 Å².